The summed E-state index contributed by atoms with van der Waals surface area (Å²) in [6.07, 6.45) is 2.78. The zero-order valence-electron chi connectivity index (χ0n) is 10.2. The number of aliphatic carboxylic acids is 1. The van der Waals surface area contributed by atoms with Gasteiger partial charge in [-0.25, -0.2) is 0 Å². The molecule has 0 bridgehead atoms. The number of para-hydroxylation sites is 1. The van der Waals surface area contributed by atoms with Gasteiger partial charge in [-0.05, 0) is 37.2 Å². The second-order valence-corrected chi connectivity index (χ2v) is 4.36. The van der Waals surface area contributed by atoms with Crippen LogP contribution in [0.4, 0.5) is 5.69 Å². The summed E-state index contributed by atoms with van der Waals surface area (Å²) in [6, 6.07) is 9.72. The highest BCUT2D eigenvalue weighted by atomic mass is 32.1. The number of carboxylic acids is 1. The van der Waals surface area contributed by atoms with Crippen molar-refractivity contribution in [2.24, 2.45) is 0 Å². The first-order chi connectivity index (χ1) is 8.68. The zero-order chi connectivity index (χ0) is 13.2. The largest absolute Gasteiger partial charge is 0.481 e. The molecule has 0 unspecified atom stereocenters. The molecular weight excluding hydrogens is 248 g/mol. The van der Waals surface area contributed by atoms with Crippen molar-refractivity contribution in [1.29, 1.82) is 0 Å². The molecule has 0 aliphatic carbocycles. The zero-order valence-corrected chi connectivity index (χ0v) is 11.0. The molecule has 1 aromatic carbocycles. The minimum Gasteiger partial charge on any atom is -0.481 e. The smallest absolute Gasteiger partial charge is 0.303 e. The molecule has 0 heterocycles. The van der Waals surface area contributed by atoms with Crippen molar-refractivity contribution < 1.29 is 9.90 Å². The Kier molecular flexibility index (Phi) is 6.79. The van der Waals surface area contributed by atoms with Crippen LogP contribution >= 0.6 is 12.2 Å². The van der Waals surface area contributed by atoms with Gasteiger partial charge in [-0.2, -0.15) is 0 Å². The van der Waals surface area contributed by atoms with E-state index in [2.05, 4.69) is 10.6 Å². The molecule has 0 amide bonds. The number of carboxylic acid groups (broad SMARTS) is 1. The van der Waals surface area contributed by atoms with E-state index in [1.165, 1.54) is 0 Å². The highest BCUT2D eigenvalue weighted by Crippen LogP contribution is 2.04. The highest BCUT2D eigenvalue weighted by Gasteiger charge is 1.98. The molecule has 0 saturated heterocycles. The Bertz CT molecular complexity index is 382. The molecule has 18 heavy (non-hydrogen) atoms. The number of hydrogen-bond donors (Lipinski definition) is 3. The fourth-order valence-corrected chi connectivity index (χ4v) is 1.70. The maximum Gasteiger partial charge on any atom is 0.303 e. The van der Waals surface area contributed by atoms with E-state index < -0.39 is 5.97 Å². The van der Waals surface area contributed by atoms with Crippen LogP contribution in [0.5, 0.6) is 0 Å². The Balaban J connectivity index is 2.05. The van der Waals surface area contributed by atoms with Crippen LogP contribution in [-0.2, 0) is 4.79 Å². The molecule has 0 spiro atoms. The van der Waals surface area contributed by atoms with Gasteiger partial charge in [0.15, 0.2) is 5.11 Å². The lowest BCUT2D eigenvalue weighted by Gasteiger charge is -2.09. The number of thiocarbonyl (C=S) groups is 1. The van der Waals surface area contributed by atoms with Crippen LogP contribution in [0, 0.1) is 0 Å². The summed E-state index contributed by atoms with van der Waals surface area (Å²) in [5, 5.41) is 15.2. The fourth-order valence-electron chi connectivity index (χ4n) is 1.48. The molecule has 0 fully saturated rings. The molecule has 0 radical (unpaired) electrons. The van der Waals surface area contributed by atoms with Gasteiger partial charge in [0.05, 0.1) is 0 Å². The van der Waals surface area contributed by atoms with Gasteiger partial charge in [0.25, 0.3) is 0 Å². The van der Waals surface area contributed by atoms with Crippen molar-refractivity contribution in [3.63, 3.8) is 0 Å². The molecular formula is C13H18N2O2S. The quantitative estimate of drug-likeness (QED) is 0.523. The van der Waals surface area contributed by atoms with Gasteiger partial charge < -0.3 is 15.7 Å². The number of anilines is 1. The van der Waals surface area contributed by atoms with E-state index >= 15 is 0 Å². The lowest BCUT2D eigenvalue weighted by atomic mass is 10.2. The average Bonchev–Trinajstić information content (AvgIpc) is 2.34. The SMILES string of the molecule is O=C(O)CCCCCNC(=S)Nc1ccccc1. The number of carbonyl (C=O) groups is 1. The summed E-state index contributed by atoms with van der Waals surface area (Å²) >= 11 is 5.14. The molecule has 98 valence electrons. The summed E-state index contributed by atoms with van der Waals surface area (Å²) in [5.74, 6) is -0.732. The van der Waals surface area contributed by atoms with Crippen molar-refractivity contribution in [3.05, 3.63) is 30.3 Å². The Labute approximate surface area is 112 Å². The van der Waals surface area contributed by atoms with Crippen molar-refractivity contribution in [3.8, 4) is 0 Å². The Morgan fingerprint density at radius 3 is 2.56 bits per heavy atom. The summed E-state index contributed by atoms with van der Waals surface area (Å²) in [4.78, 5) is 10.3. The molecule has 0 aliphatic rings. The third-order valence-corrected chi connectivity index (χ3v) is 2.63. The maximum absolute atomic E-state index is 10.3. The Morgan fingerprint density at radius 1 is 1.17 bits per heavy atom. The predicted octanol–water partition coefficient (Wildman–Crippen LogP) is 2.62. The van der Waals surface area contributed by atoms with E-state index in [1.54, 1.807) is 0 Å². The number of rotatable bonds is 7. The molecule has 3 N–H and O–H groups in total. The van der Waals surface area contributed by atoms with Crippen LogP contribution in [0.3, 0.4) is 0 Å². The third-order valence-electron chi connectivity index (χ3n) is 2.38. The van der Waals surface area contributed by atoms with Crippen LogP contribution in [0.1, 0.15) is 25.7 Å². The molecule has 5 heteroatoms. The Hall–Kier alpha value is -1.62. The van der Waals surface area contributed by atoms with Crippen LogP contribution in [0.25, 0.3) is 0 Å². The van der Waals surface area contributed by atoms with Crippen molar-refractivity contribution in [2.75, 3.05) is 11.9 Å². The second kappa shape index (κ2) is 8.47. The van der Waals surface area contributed by atoms with Gasteiger partial charge in [0, 0.05) is 18.7 Å². The van der Waals surface area contributed by atoms with Crippen LogP contribution < -0.4 is 10.6 Å². The third kappa shape index (κ3) is 6.85. The van der Waals surface area contributed by atoms with Crippen molar-refractivity contribution in [1.82, 2.24) is 5.32 Å². The normalized spacial score (nSPS) is 9.78. The van der Waals surface area contributed by atoms with Crippen molar-refractivity contribution in [2.45, 2.75) is 25.7 Å². The first-order valence-electron chi connectivity index (χ1n) is 6.00. The van der Waals surface area contributed by atoms with E-state index in [-0.39, 0.29) is 6.42 Å². The Morgan fingerprint density at radius 2 is 1.89 bits per heavy atom. The number of nitrogens with one attached hydrogen (secondary N) is 2. The van der Waals surface area contributed by atoms with E-state index in [9.17, 15) is 4.79 Å². The topological polar surface area (TPSA) is 61.4 Å². The molecule has 4 nitrogen and oxygen atoms in total. The molecule has 1 aromatic rings. The molecule has 0 aromatic heterocycles. The molecule has 0 saturated carbocycles. The number of hydrogen-bond acceptors (Lipinski definition) is 2. The number of unbranched alkanes of at least 4 members (excludes halogenated alkanes) is 2. The molecule has 0 aliphatic heterocycles. The van der Waals surface area contributed by atoms with Gasteiger partial charge in [-0.1, -0.05) is 24.6 Å². The summed E-state index contributed by atoms with van der Waals surface area (Å²) in [5.41, 5.74) is 0.959. The average molecular weight is 266 g/mol. The molecule has 0 atom stereocenters. The van der Waals surface area contributed by atoms with Gasteiger partial charge >= 0.3 is 5.97 Å². The van der Waals surface area contributed by atoms with Gasteiger partial charge in [-0.15, -0.1) is 0 Å². The maximum atomic E-state index is 10.3. The van der Waals surface area contributed by atoms with Crippen molar-refractivity contribution >= 4 is 29.0 Å². The first kappa shape index (κ1) is 14.4. The number of benzene rings is 1. The second-order valence-electron chi connectivity index (χ2n) is 3.95. The van der Waals surface area contributed by atoms with Crippen LogP contribution in [0.15, 0.2) is 30.3 Å². The summed E-state index contributed by atoms with van der Waals surface area (Å²) in [6.45, 7) is 0.762. The first-order valence-corrected chi connectivity index (χ1v) is 6.41. The lowest BCUT2D eigenvalue weighted by Crippen LogP contribution is -2.29. The summed E-state index contributed by atoms with van der Waals surface area (Å²) in [7, 11) is 0. The van der Waals surface area contributed by atoms with Crippen LogP contribution in [-0.4, -0.2) is 22.7 Å². The molecule has 1 rings (SSSR count). The highest BCUT2D eigenvalue weighted by molar-refractivity contribution is 7.80. The predicted molar refractivity (Wildman–Crippen MR) is 76.8 cm³/mol. The van der Waals surface area contributed by atoms with Gasteiger partial charge in [-0.3, -0.25) is 4.79 Å². The van der Waals surface area contributed by atoms with E-state index in [0.29, 0.717) is 5.11 Å². The van der Waals surface area contributed by atoms with Crippen LogP contribution in [0.2, 0.25) is 0 Å². The standard InChI is InChI=1S/C13H18N2O2S/c16-12(17)9-5-2-6-10-14-13(18)15-11-7-3-1-4-8-11/h1,3-4,7-8H,2,5-6,9-10H2,(H,16,17)(H2,14,15,18). The van der Waals surface area contributed by atoms with E-state index in [1.807, 2.05) is 30.3 Å². The van der Waals surface area contributed by atoms with Gasteiger partial charge in [0.1, 0.15) is 0 Å². The van der Waals surface area contributed by atoms with E-state index in [4.69, 9.17) is 17.3 Å². The monoisotopic (exact) mass is 266 g/mol. The fraction of sp³-hybridized carbons (Fsp3) is 0.385. The summed E-state index contributed by atoms with van der Waals surface area (Å²) < 4.78 is 0. The minimum absolute atomic E-state index is 0.243. The minimum atomic E-state index is -0.732. The van der Waals surface area contributed by atoms with E-state index in [0.717, 1.165) is 31.5 Å². The van der Waals surface area contributed by atoms with Gasteiger partial charge in [0.2, 0.25) is 0 Å². The lowest BCUT2D eigenvalue weighted by molar-refractivity contribution is -0.137.